The van der Waals surface area contributed by atoms with Crippen LogP contribution in [0.15, 0.2) is 83.4 Å². The van der Waals surface area contributed by atoms with E-state index in [1.54, 1.807) is 24.3 Å². The Kier molecular flexibility index (Phi) is 7.51. The minimum Gasteiger partial charge on any atom is -0.489 e. The molecule has 0 spiro atoms. The number of hydrogen-bond acceptors (Lipinski definition) is 6. The second-order valence-electron chi connectivity index (χ2n) is 9.37. The van der Waals surface area contributed by atoms with Crippen LogP contribution in [0.5, 0.6) is 5.75 Å². The minimum atomic E-state index is -0.153. The Morgan fingerprint density at radius 2 is 1.62 bits per heavy atom. The lowest BCUT2D eigenvalue weighted by molar-refractivity contribution is 0.102. The maximum absolute atomic E-state index is 12.7. The van der Waals surface area contributed by atoms with Crippen LogP contribution in [0.25, 0.3) is 0 Å². The first kappa shape index (κ1) is 24.6. The fraction of sp³-hybridized carbons (Fsp3) is 0.267. The average molecular weight is 497 g/mol. The van der Waals surface area contributed by atoms with Crippen LogP contribution in [0.1, 0.15) is 32.9 Å². The highest BCUT2D eigenvalue weighted by Crippen LogP contribution is 2.22. The Morgan fingerprint density at radius 1 is 0.919 bits per heavy atom. The number of aromatic nitrogens is 1. The molecule has 5 rings (SSSR count). The smallest absolute Gasteiger partial charge is 0.255 e. The summed E-state index contributed by atoms with van der Waals surface area (Å²) in [6.45, 7) is 9.17. The van der Waals surface area contributed by atoms with Crippen molar-refractivity contribution in [3.05, 3.63) is 107 Å². The van der Waals surface area contributed by atoms with Crippen LogP contribution >= 0.6 is 0 Å². The molecule has 7 heteroatoms. The van der Waals surface area contributed by atoms with E-state index in [9.17, 15) is 4.79 Å². The molecule has 1 aromatic heterocycles. The van der Waals surface area contributed by atoms with Gasteiger partial charge in [-0.05, 0) is 67.9 Å². The zero-order chi connectivity index (χ0) is 25.6. The van der Waals surface area contributed by atoms with Crippen LogP contribution in [-0.2, 0) is 13.2 Å². The predicted molar refractivity (Wildman–Crippen MR) is 145 cm³/mol. The quantitative estimate of drug-likeness (QED) is 0.350. The molecular weight excluding hydrogens is 464 g/mol. The van der Waals surface area contributed by atoms with Crippen molar-refractivity contribution >= 4 is 17.3 Å². The highest BCUT2D eigenvalue weighted by Gasteiger charge is 2.17. The van der Waals surface area contributed by atoms with Gasteiger partial charge >= 0.3 is 0 Å². The molecule has 0 saturated carbocycles. The van der Waals surface area contributed by atoms with E-state index in [1.165, 1.54) is 11.3 Å². The van der Waals surface area contributed by atoms with Crippen LogP contribution in [0.4, 0.5) is 11.4 Å². The summed E-state index contributed by atoms with van der Waals surface area (Å²) < 4.78 is 11.0. The molecule has 3 aromatic carbocycles. The molecule has 37 heavy (non-hydrogen) atoms. The van der Waals surface area contributed by atoms with Crippen LogP contribution in [-0.4, -0.2) is 42.1 Å². The van der Waals surface area contributed by atoms with E-state index < -0.39 is 0 Å². The number of nitrogens with zero attached hydrogens (tertiary/aromatic N) is 3. The van der Waals surface area contributed by atoms with Crippen LogP contribution < -0.4 is 15.0 Å². The Labute approximate surface area is 217 Å². The van der Waals surface area contributed by atoms with E-state index >= 15 is 0 Å². The third kappa shape index (κ3) is 6.19. The van der Waals surface area contributed by atoms with Gasteiger partial charge in [0.2, 0.25) is 0 Å². The van der Waals surface area contributed by atoms with Crippen LogP contribution in [0, 0.1) is 13.8 Å². The second-order valence-corrected chi connectivity index (χ2v) is 9.37. The van der Waals surface area contributed by atoms with E-state index in [2.05, 4.69) is 62.7 Å². The van der Waals surface area contributed by atoms with Crippen molar-refractivity contribution in [1.29, 1.82) is 0 Å². The van der Waals surface area contributed by atoms with E-state index in [0.717, 1.165) is 55.4 Å². The Bertz CT molecular complexity index is 1290. The van der Waals surface area contributed by atoms with Gasteiger partial charge in [0.15, 0.2) is 0 Å². The molecule has 1 aliphatic rings. The van der Waals surface area contributed by atoms with Gasteiger partial charge in [-0.1, -0.05) is 35.5 Å². The molecule has 1 amide bonds. The average Bonchev–Trinajstić information content (AvgIpc) is 3.26. The molecular formula is C30H32N4O3. The van der Waals surface area contributed by atoms with Crippen molar-refractivity contribution in [2.45, 2.75) is 27.0 Å². The molecule has 2 heterocycles. The molecule has 0 bridgehead atoms. The number of anilines is 2. The normalized spacial score (nSPS) is 13.9. The third-order valence-electron chi connectivity index (χ3n) is 6.79. The highest BCUT2D eigenvalue weighted by molar-refractivity contribution is 6.04. The second kappa shape index (κ2) is 11.3. The first-order valence-corrected chi connectivity index (χ1v) is 12.6. The van der Waals surface area contributed by atoms with Crippen molar-refractivity contribution in [2.24, 2.45) is 0 Å². The monoisotopic (exact) mass is 496 g/mol. The summed E-state index contributed by atoms with van der Waals surface area (Å²) in [4.78, 5) is 17.6. The van der Waals surface area contributed by atoms with Gasteiger partial charge < -0.3 is 19.5 Å². The van der Waals surface area contributed by atoms with Gasteiger partial charge in [-0.25, -0.2) is 0 Å². The molecule has 1 N–H and O–H groups in total. The summed E-state index contributed by atoms with van der Waals surface area (Å²) in [5.74, 6) is 1.29. The maximum Gasteiger partial charge on any atom is 0.255 e. The number of nitrogens with one attached hydrogen (secondary N) is 1. The molecule has 7 nitrogen and oxygen atoms in total. The molecule has 1 saturated heterocycles. The van der Waals surface area contributed by atoms with E-state index in [1.807, 2.05) is 26.0 Å². The largest absolute Gasteiger partial charge is 0.489 e. The highest BCUT2D eigenvalue weighted by atomic mass is 16.5. The summed E-state index contributed by atoms with van der Waals surface area (Å²) >= 11 is 0. The summed E-state index contributed by atoms with van der Waals surface area (Å²) in [5, 5.41) is 6.93. The fourth-order valence-corrected chi connectivity index (χ4v) is 4.53. The van der Waals surface area contributed by atoms with Crippen molar-refractivity contribution in [3.8, 4) is 5.75 Å². The first-order chi connectivity index (χ1) is 18.0. The van der Waals surface area contributed by atoms with Gasteiger partial charge in [0.1, 0.15) is 18.1 Å². The van der Waals surface area contributed by atoms with Gasteiger partial charge in [0.05, 0.1) is 11.3 Å². The summed E-state index contributed by atoms with van der Waals surface area (Å²) in [6.07, 6.45) is 0. The predicted octanol–water partition coefficient (Wildman–Crippen LogP) is 5.44. The lowest BCUT2D eigenvalue weighted by atomic mass is 10.1. The number of benzene rings is 3. The topological polar surface area (TPSA) is 70.8 Å². The van der Waals surface area contributed by atoms with Gasteiger partial charge in [0.25, 0.3) is 5.91 Å². The third-order valence-corrected chi connectivity index (χ3v) is 6.79. The summed E-state index contributed by atoms with van der Waals surface area (Å²) in [6, 6.07) is 25.8. The number of rotatable bonds is 8. The maximum atomic E-state index is 12.7. The zero-order valence-electron chi connectivity index (χ0n) is 21.3. The number of amides is 1. The van der Waals surface area contributed by atoms with E-state index in [-0.39, 0.29) is 5.91 Å². The number of carbonyl (C=O) groups is 1. The molecule has 0 radical (unpaired) electrons. The molecule has 0 atom stereocenters. The molecule has 0 aliphatic carbocycles. The number of piperazine rings is 1. The molecule has 4 aromatic rings. The summed E-state index contributed by atoms with van der Waals surface area (Å²) in [7, 11) is 0. The first-order valence-electron chi connectivity index (χ1n) is 12.6. The van der Waals surface area contributed by atoms with Gasteiger partial charge in [-0.3, -0.25) is 9.69 Å². The zero-order valence-corrected chi connectivity index (χ0v) is 21.3. The van der Waals surface area contributed by atoms with Crippen molar-refractivity contribution in [2.75, 3.05) is 36.4 Å². The van der Waals surface area contributed by atoms with Crippen molar-refractivity contribution < 1.29 is 14.1 Å². The molecule has 1 fully saturated rings. The van der Waals surface area contributed by atoms with Crippen LogP contribution in [0.2, 0.25) is 0 Å². The van der Waals surface area contributed by atoms with Gasteiger partial charge in [-0.2, -0.15) is 0 Å². The van der Waals surface area contributed by atoms with Crippen molar-refractivity contribution in [3.63, 3.8) is 0 Å². The Hall–Kier alpha value is -4.10. The number of aryl methyl sites for hydroxylation is 2. The standard InChI is InChI=1S/C30H32N4O3/c1-22-29(23(2)37-32-22)21-36-28-14-8-25(9-15-28)30(35)31-26-10-12-27(13-11-26)34-18-16-33(17-19-34)20-24-6-4-3-5-7-24/h3-15H,16-21H2,1-2H3,(H,31,35). The van der Waals surface area contributed by atoms with Gasteiger partial charge in [0, 0.05) is 49.7 Å². The number of carbonyl (C=O) groups excluding carboxylic acids is 1. The number of ether oxygens (including phenoxy) is 1. The van der Waals surface area contributed by atoms with E-state index in [4.69, 9.17) is 9.26 Å². The molecule has 1 aliphatic heterocycles. The van der Waals surface area contributed by atoms with E-state index in [0.29, 0.717) is 17.9 Å². The lowest BCUT2D eigenvalue weighted by Gasteiger charge is -2.36. The van der Waals surface area contributed by atoms with Crippen LogP contribution in [0.3, 0.4) is 0 Å². The molecule has 0 unspecified atom stereocenters. The minimum absolute atomic E-state index is 0.153. The Morgan fingerprint density at radius 3 is 2.27 bits per heavy atom. The fourth-order valence-electron chi connectivity index (χ4n) is 4.53. The summed E-state index contributed by atoms with van der Waals surface area (Å²) in [5.41, 5.74) is 5.65. The molecule has 190 valence electrons. The number of hydrogen-bond donors (Lipinski definition) is 1. The Balaban J connectivity index is 1.10. The lowest BCUT2D eigenvalue weighted by Crippen LogP contribution is -2.45. The van der Waals surface area contributed by atoms with Crippen molar-refractivity contribution in [1.82, 2.24) is 10.1 Å². The van der Waals surface area contributed by atoms with Gasteiger partial charge in [-0.15, -0.1) is 0 Å². The SMILES string of the molecule is Cc1noc(C)c1COc1ccc(C(=O)Nc2ccc(N3CCN(Cc4ccccc4)CC3)cc2)cc1.